The van der Waals surface area contributed by atoms with Crippen LogP contribution < -0.4 is 10.1 Å². The second kappa shape index (κ2) is 7.35. The summed E-state index contributed by atoms with van der Waals surface area (Å²) in [4.78, 5) is 13.2. The number of aliphatic hydroxyl groups excluding tert-OH is 1. The minimum Gasteiger partial charge on any atom is -0.457 e. The molecule has 1 aliphatic heterocycles. The highest BCUT2D eigenvalue weighted by Gasteiger charge is 2.32. The van der Waals surface area contributed by atoms with Crippen molar-refractivity contribution in [2.45, 2.75) is 12.0 Å². The first-order valence-electron chi connectivity index (χ1n) is 9.99. The number of fused-ring (bicyclic) bond motifs is 3. The normalized spacial score (nSPS) is 13.9. The van der Waals surface area contributed by atoms with Gasteiger partial charge in [-0.15, -0.1) is 0 Å². The third-order valence-corrected chi connectivity index (χ3v) is 5.70. The van der Waals surface area contributed by atoms with Crippen molar-refractivity contribution in [3.05, 3.63) is 95.7 Å². The Kier molecular flexibility index (Phi) is 4.52. The van der Waals surface area contributed by atoms with Crippen molar-refractivity contribution in [2.75, 3.05) is 6.54 Å². The number of aryl methyl sites for hydroxylation is 1. The lowest BCUT2D eigenvalue weighted by Gasteiger charge is -2.27. The summed E-state index contributed by atoms with van der Waals surface area (Å²) in [6, 6.07) is 23.1. The maximum Gasteiger partial charge on any atom is 0.232 e. The van der Waals surface area contributed by atoms with Gasteiger partial charge in [-0.2, -0.15) is 0 Å². The lowest BCUT2D eigenvalue weighted by molar-refractivity contribution is -0.122. The van der Waals surface area contributed by atoms with Crippen LogP contribution in [0.5, 0.6) is 11.5 Å². The molecular formula is C25H22N2O3. The van der Waals surface area contributed by atoms with Gasteiger partial charge in [-0.25, -0.2) is 0 Å². The van der Waals surface area contributed by atoms with Crippen LogP contribution >= 0.6 is 0 Å². The van der Waals surface area contributed by atoms with E-state index >= 15 is 0 Å². The number of benzene rings is 3. The zero-order chi connectivity index (χ0) is 20.7. The fraction of sp³-hybridized carbons (Fsp3) is 0.160. The summed E-state index contributed by atoms with van der Waals surface area (Å²) >= 11 is 0. The van der Waals surface area contributed by atoms with E-state index in [9.17, 15) is 9.90 Å². The molecule has 2 heterocycles. The number of carbonyl (C=O) groups is 1. The van der Waals surface area contributed by atoms with Crippen molar-refractivity contribution in [1.29, 1.82) is 0 Å². The Hall–Kier alpha value is -3.57. The second-order valence-corrected chi connectivity index (χ2v) is 7.58. The van der Waals surface area contributed by atoms with Crippen molar-refractivity contribution >= 4 is 16.8 Å². The molecular weight excluding hydrogens is 376 g/mol. The molecule has 0 radical (unpaired) electrons. The Labute approximate surface area is 174 Å². The van der Waals surface area contributed by atoms with E-state index in [1.165, 1.54) is 0 Å². The molecule has 4 aromatic rings. The van der Waals surface area contributed by atoms with Crippen LogP contribution in [0.2, 0.25) is 0 Å². The lowest BCUT2D eigenvalue weighted by Crippen LogP contribution is -2.34. The Morgan fingerprint density at radius 3 is 2.30 bits per heavy atom. The molecule has 5 heteroatoms. The van der Waals surface area contributed by atoms with Crippen LogP contribution in [0.15, 0.2) is 79.0 Å². The summed E-state index contributed by atoms with van der Waals surface area (Å²) in [5.41, 5.74) is 3.51. The highest BCUT2D eigenvalue weighted by atomic mass is 16.5. The SMILES string of the molecule is Cn1cc([C@H](O)CNC(=O)C2c3ccccc3Oc3ccccc32)c2ccccc21. The predicted molar refractivity (Wildman–Crippen MR) is 116 cm³/mol. The zero-order valence-corrected chi connectivity index (χ0v) is 16.6. The van der Waals surface area contributed by atoms with Crippen molar-refractivity contribution in [3.8, 4) is 11.5 Å². The molecule has 0 fully saturated rings. The summed E-state index contributed by atoms with van der Waals surface area (Å²) in [5, 5.41) is 14.8. The van der Waals surface area contributed by atoms with Crippen molar-refractivity contribution in [3.63, 3.8) is 0 Å². The molecule has 5 rings (SSSR count). The summed E-state index contributed by atoms with van der Waals surface area (Å²) in [5.74, 6) is 0.736. The zero-order valence-electron chi connectivity index (χ0n) is 16.6. The quantitative estimate of drug-likeness (QED) is 0.540. The smallest absolute Gasteiger partial charge is 0.232 e. The minimum atomic E-state index is -0.801. The van der Waals surface area contributed by atoms with Crippen molar-refractivity contribution in [1.82, 2.24) is 9.88 Å². The molecule has 0 aliphatic carbocycles. The van der Waals surface area contributed by atoms with E-state index in [2.05, 4.69) is 5.32 Å². The van der Waals surface area contributed by atoms with Gasteiger partial charge in [-0.05, 0) is 18.2 Å². The topological polar surface area (TPSA) is 63.5 Å². The number of aromatic nitrogens is 1. The third-order valence-electron chi connectivity index (χ3n) is 5.70. The minimum absolute atomic E-state index is 0.133. The maximum atomic E-state index is 13.2. The largest absolute Gasteiger partial charge is 0.457 e. The van der Waals surface area contributed by atoms with Gasteiger partial charge in [0.2, 0.25) is 5.91 Å². The first-order valence-corrected chi connectivity index (χ1v) is 9.99. The van der Waals surface area contributed by atoms with Gasteiger partial charge in [-0.1, -0.05) is 54.6 Å². The number of aliphatic hydroxyl groups is 1. The van der Waals surface area contributed by atoms with Crippen molar-refractivity contribution < 1.29 is 14.6 Å². The van der Waals surface area contributed by atoms with E-state index in [1.807, 2.05) is 90.6 Å². The molecule has 3 aromatic carbocycles. The Bertz CT molecular complexity index is 1200. The molecule has 1 amide bonds. The summed E-state index contributed by atoms with van der Waals surface area (Å²) < 4.78 is 7.96. The fourth-order valence-electron chi connectivity index (χ4n) is 4.24. The van der Waals surface area contributed by atoms with Gasteiger partial charge >= 0.3 is 0 Å². The van der Waals surface area contributed by atoms with Crippen LogP contribution in [0.4, 0.5) is 0 Å². The Morgan fingerprint density at radius 2 is 1.60 bits per heavy atom. The molecule has 1 aromatic heterocycles. The molecule has 150 valence electrons. The van der Waals surface area contributed by atoms with E-state index in [4.69, 9.17) is 4.74 Å². The summed E-state index contributed by atoms with van der Waals surface area (Å²) in [6.07, 6.45) is 1.12. The number of carbonyl (C=O) groups excluding carboxylic acids is 1. The standard InChI is InChI=1S/C25H22N2O3/c1-27-15-19(16-8-2-5-11-20(16)27)21(28)14-26-25(29)24-17-9-3-6-12-22(17)30-23-13-7-4-10-18(23)24/h2-13,15,21,24,28H,14H2,1H3,(H,26,29)/t21-/m1/s1. The average Bonchev–Trinajstić information content (AvgIpc) is 3.12. The number of hydrogen-bond acceptors (Lipinski definition) is 3. The lowest BCUT2D eigenvalue weighted by atomic mass is 9.87. The first-order chi connectivity index (χ1) is 14.6. The number of nitrogens with one attached hydrogen (secondary N) is 1. The van der Waals surface area contributed by atoms with E-state index in [0.29, 0.717) is 11.5 Å². The number of hydrogen-bond donors (Lipinski definition) is 2. The summed E-state index contributed by atoms with van der Waals surface area (Å²) in [7, 11) is 1.95. The predicted octanol–water partition coefficient (Wildman–Crippen LogP) is 4.27. The van der Waals surface area contributed by atoms with Crippen LogP contribution in [-0.2, 0) is 11.8 Å². The number of para-hydroxylation sites is 3. The van der Waals surface area contributed by atoms with Gasteiger partial charge in [0.1, 0.15) is 11.5 Å². The fourth-order valence-corrected chi connectivity index (χ4v) is 4.24. The van der Waals surface area contributed by atoms with Crippen LogP contribution in [0.1, 0.15) is 28.7 Å². The number of ether oxygens (including phenoxy) is 1. The van der Waals surface area contributed by atoms with Gasteiger partial charge in [-0.3, -0.25) is 4.79 Å². The second-order valence-electron chi connectivity index (χ2n) is 7.58. The highest BCUT2D eigenvalue weighted by Crippen LogP contribution is 2.43. The maximum absolute atomic E-state index is 13.2. The van der Waals surface area contributed by atoms with Gasteiger partial charge in [0.25, 0.3) is 0 Å². The van der Waals surface area contributed by atoms with Gasteiger partial charge in [0.15, 0.2) is 0 Å². The van der Waals surface area contributed by atoms with E-state index < -0.39 is 12.0 Å². The van der Waals surface area contributed by atoms with E-state index in [0.717, 1.165) is 27.6 Å². The van der Waals surface area contributed by atoms with Crippen LogP contribution in [-0.4, -0.2) is 22.1 Å². The molecule has 1 aliphatic rings. The number of amides is 1. The number of nitrogens with zero attached hydrogens (tertiary/aromatic N) is 1. The van der Waals surface area contributed by atoms with Gasteiger partial charge in [0, 0.05) is 47.4 Å². The average molecular weight is 398 g/mol. The van der Waals surface area contributed by atoms with Crippen LogP contribution in [0.25, 0.3) is 10.9 Å². The van der Waals surface area contributed by atoms with E-state index in [-0.39, 0.29) is 12.5 Å². The molecule has 0 bridgehead atoms. The summed E-state index contributed by atoms with van der Waals surface area (Å²) in [6.45, 7) is 0.133. The Morgan fingerprint density at radius 1 is 1.00 bits per heavy atom. The molecule has 0 saturated carbocycles. The van der Waals surface area contributed by atoms with Crippen LogP contribution in [0.3, 0.4) is 0 Å². The van der Waals surface area contributed by atoms with Gasteiger partial charge < -0.3 is 19.7 Å². The molecule has 0 unspecified atom stereocenters. The molecule has 2 N–H and O–H groups in total. The highest BCUT2D eigenvalue weighted by molar-refractivity contribution is 5.90. The van der Waals surface area contributed by atoms with Crippen LogP contribution in [0, 0.1) is 0 Å². The monoisotopic (exact) mass is 398 g/mol. The number of rotatable bonds is 4. The van der Waals surface area contributed by atoms with Crippen molar-refractivity contribution in [2.24, 2.45) is 7.05 Å². The third kappa shape index (κ3) is 3.04. The molecule has 5 nitrogen and oxygen atoms in total. The molecule has 30 heavy (non-hydrogen) atoms. The Balaban J connectivity index is 1.41. The molecule has 0 saturated heterocycles. The first kappa shape index (κ1) is 18.5. The van der Waals surface area contributed by atoms with E-state index in [1.54, 1.807) is 0 Å². The molecule has 0 spiro atoms. The molecule has 1 atom stereocenters. The van der Waals surface area contributed by atoms with Gasteiger partial charge in [0.05, 0.1) is 12.0 Å².